The average molecular weight is 501 g/mol. The number of aromatic nitrogens is 3. The van der Waals surface area contributed by atoms with Gasteiger partial charge in [-0.05, 0) is 37.1 Å². The van der Waals surface area contributed by atoms with E-state index in [0.717, 1.165) is 10.0 Å². The maximum Gasteiger partial charge on any atom is 0.251 e. The van der Waals surface area contributed by atoms with Crippen LogP contribution in [-0.2, 0) is 7.05 Å². The Morgan fingerprint density at radius 3 is 2.45 bits per heavy atom. The van der Waals surface area contributed by atoms with Gasteiger partial charge in [0.25, 0.3) is 5.91 Å². The van der Waals surface area contributed by atoms with Gasteiger partial charge >= 0.3 is 0 Å². The number of amides is 1. The molecule has 31 heavy (non-hydrogen) atoms. The molecule has 0 aliphatic carbocycles. The van der Waals surface area contributed by atoms with Gasteiger partial charge in [-0.15, -0.1) is 10.2 Å². The second-order valence-electron chi connectivity index (χ2n) is 7.68. The minimum atomic E-state index is -0.304. The van der Waals surface area contributed by atoms with Crippen LogP contribution < -0.4 is 5.32 Å². The van der Waals surface area contributed by atoms with Crippen LogP contribution >= 0.6 is 27.7 Å². The smallest absolute Gasteiger partial charge is 0.251 e. The predicted molar refractivity (Wildman–Crippen MR) is 126 cm³/mol. The van der Waals surface area contributed by atoms with Crippen molar-refractivity contribution in [2.75, 3.05) is 5.75 Å². The van der Waals surface area contributed by atoms with Crippen LogP contribution in [0.25, 0.3) is 0 Å². The molecule has 1 unspecified atom stereocenters. The molecule has 0 radical (unpaired) electrons. The zero-order chi connectivity index (χ0) is 22.5. The Bertz CT molecular complexity index is 1080. The summed E-state index contributed by atoms with van der Waals surface area (Å²) in [6, 6.07) is 14.5. The van der Waals surface area contributed by atoms with Crippen molar-refractivity contribution in [3.63, 3.8) is 0 Å². The first-order chi connectivity index (χ1) is 14.8. The molecular weight excluding hydrogens is 476 g/mol. The van der Waals surface area contributed by atoms with E-state index in [2.05, 4.69) is 31.4 Å². The Kier molecular flexibility index (Phi) is 7.67. The number of halogens is 1. The van der Waals surface area contributed by atoms with Crippen molar-refractivity contribution in [3.05, 3.63) is 75.5 Å². The lowest BCUT2D eigenvalue weighted by atomic mass is 10.0. The number of rotatable bonds is 8. The van der Waals surface area contributed by atoms with E-state index >= 15 is 0 Å². The van der Waals surface area contributed by atoms with Crippen LogP contribution in [0.15, 0.2) is 58.2 Å². The lowest BCUT2D eigenvalue weighted by Crippen LogP contribution is -2.33. The van der Waals surface area contributed by atoms with Gasteiger partial charge in [-0.25, -0.2) is 0 Å². The van der Waals surface area contributed by atoms with Crippen LogP contribution in [0.3, 0.4) is 0 Å². The molecule has 0 aliphatic rings. The second kappa shape index (κ2) is 10.2. The van der Waals surface area contributed by atoms with Crippen LogP contribution in [0.1, 0.15) is 52.0 Å². The Hall–Kier alpha value is -2.45. The van der Waals surface area contributed by atoms with Crippen LogP contribution in [0, 0.1) is 12.8 Å². The van der Waals surface area contributed by atoms with Gasteiger partial charge in [0.1, 0.15) is 0 Å². The number of Topliss-reactive ketones (excluding diaryl/α,β-unsaturated/α-hetero) is 1. The van der Waals surface area contributed by atoms with Gasteiger partial charge in [0.15, 0.2) is 16.8 Å². The molecule has 162 valence electrons. The fourth-order valence-corrected chi connectivity index (χ4v) is 4.19. The van der Waals surface area contributed by atoms with E-state index in [1.807, 2.05) is 62.7 Å². The quantitative estimate of drug-likeness (QED) is 0.348. The normalized spacial score (nSPS) is 12.1. The Morgan fingerprint density at radius 2 is 1.81 bits per heavy atom. The highest BCUT2D eigenvalue weighted by molar-refractivity contribution is 9.10. The topological polar surface area (TPSA) is 76.9 Å². The SMILES string of the molecule is Cc1cccc(C(=O)NC(c2nnc(SCC(=O)c3ccc(Br)cc3)n2C)C(C)C)c1. The third kappa shape index (κ3) is 5.83. The van der Waals surface area contributed by atoms with Crippen LogP contribution in [-0.4, -0.2) is 32.2 Å². The molecule has 2 aromatic carbocycles. The second-order valence-corrected chi connectivity index (χ2v) is 9.54. The summed E-state index contributed by atoms with van der Waals surface area (Å²) < 4.78 is 2.78. The molecule has 1 atom stereocenters. The predicted octanol–water partition coefficient (Wildman–Crippen LogP) is 4.99. The molecule has 0 fully saturated rings. The Morgan fingerprint density at radius 1 is 1.10 bits per heavy atom. The monoisotopic (exact) mass is 500 g/mol. The molecule has 0 spiro atoms. The fourth-order valence-electron chi connectivity index (χ4n) is 3.11. The Balaban J connectivity index is 1.71. The summed E-state index contributed by atoms with van der Waals surface area (Å²) in [5.41, 5.74) is 2.30. The van der Waals surface area contributed by atoms with Crippen molar-refractivity contribution in [2.24, 2.45) is 13.0 Å². The summed E-state index contributed by atoms with van der Waals surface area (Å²) in [5.74, 6) is 0.906. The molecule has 0 aliphatic heterocycles. The fraction of sp³-hybridized carbons (Fsp3) is 0.304. The van der Waals surface area contributed by atoms with Crippen LogP contribution in [0.2, 0.25) is 0 Å². The van der Waals surface area contributed by atoms with Gasteiger partial charge in [0.2, 0.25) is 0 Å². The molecule has 3 aromatic rings. The molecule has 0 saturated carbocycles. The van der Waals surface area contributed by atoms with Crippen LogP contribution in [0.4, 0.5) is 0 Å². The lowest BCUT2D eigenvalue weighted by molar-refractivity contribution is 0.0921. The van der Waals surface area contributed by atoms with Crippen molar-refractivity contribution >= 4 is 39.4 Å². The molecule has 1 heterocycles. The van der Waals surface area contributed by atoms with E-state index in [9.17, 15) is 9.59 Å². The van der Waals surface area contributed by atoms with E-state index in [1.165, 1.54) is 11.8 Å². The van der Waals surface area contributed by atoms with Gasteiger partial charge < -0.3 is 9.88 Å². The zero-order valence-electron chi connectivity index (χ0n) is 17.9. The first-order valence-corrected chi connectivity index (χ1v) is 11.7. The van der Waals surface area contributed by atoms with Gasteiger partial charge in [-0.1, -0.05) is 71.4 Å². The van der Waals surface area contributed by atoms with Gasteiger partial charge in [0, 0.05) is 22.6 Å². The van der Waals surface area contributed by atoms with E-state index in [1.54, 1.807) is 18.2 Å². The minimum Gasteiger partial charge on any atom is -0.342 e. The van der Waals surface area contributed by atoms with Gasteiger partial charge in [0.05, 0.1) is 11.8 Å². The summed E-state index contributed by atoms with van der Waals surface area (Å²) in [6.07, 6.45) is 0. The largest absolute Gasteiger partial charge is 0.342 e. The van der Waals surface area contributed by atoms with E-state index in [0.29, 0.717) is 22.1 Å². The van der Waals surface area contributed by atoms with Gasteiger partial charge in [-0.2, -0.15) is 0 Å². The molecule has 0 saturated heterocycles. The number of hydrogen-bond acceptors (Lipinski definition) is 5. The number of carbonyl (C=O) groups is 2. The van der Waals surface area contributed by atoms with E-state index < -0.39 is 0 Å². The zero-order valence-corrected chi connectivity index (χ0v) is 20.3. The number of hydrogen-bond donors (Lipinski definition) is 1. The summed E-state index contributed by atoms with van der Waals surface area (Å²) in [6.45, 7) is 6.01. The molecule has 1 N–H and O–H groups in total. The van der Waals surface area contributed by atoms with E-state index in [4.69, 9.17) is 0 Å². The average Bonchev–Trinajstić information content (AvgIpc) is 3.10. The van der Waals surface area contributed by atoms with Crippen molar-refractivity contribution in [1.29, 1.82) is 0 Å². The minimum absolute atomic E-state index is 0.0233. The number of ketones is 1. The number of nitrogens with zero attached hydrogens (tertiary/aromatic N) is 3. The molecule has 1 amide bonds. The molecule has 0 bridgehead atoms. The summed E-state index contributed by atoms with van der Waals surface area (Å²) in [7, 11) is 1.86. The van der Waals surface area contributed by atoms with Crippen molar-refractivity contribution in [3.8, 4) is 0 Å². The van der Waals surface area contributed by atoms with Crippen molar-refractivity contribution in [2.45, 2.75) is 32.0 Å². The number of nitrogens with one attached hydrogen (secondary N) is 1. The Labute approximate surface area is 195 Å². The van der Waals surface area contributed by atoms with Crippen LogP contribution in [0.5, 0.6) is 0 Å². The van der Waals surface area contributed by atoms with Crippen molar-refractivity contribution in [1.82, 2.24) is 20.1 Å². The maximum atomic E-state index is 12.8. The standard InChI is InChI=1S/C23H25BrN4O2S/c1-14(2)20(25-22(30)17-7-5-6-15(3)12-17)21-26-27-23(28(21)4)31-13-19(29)16-8-10-18(24)11-9-16/h5-12,14,20H,13H2,1-4H3,(H,25,30). The molecular formula is C23H25BrN4O2S. The summed E-state index contributed by atoms with van der Waals surface area (Å²) in [5, 5.41) is 12.3. The maximum absolute atomic E-state index is 12.8. The molecule has 8 heteroatoms. The molecule has 3 rings (SSSR count). The first kappa shape index (κ1) is 23.2. The molecule has 1 aromatic heterocycles. The van der Waals surface area contributed by atoms with E-state index in [-0.39, 0.29) is 29.4 Å². The lowest BCUT2D eigenvalue weighted by Gasteiger charge is -2.21. The number of carbonyl (C=O) groups excluding carboxylic acids is 2. The first-order valence-electron chi connectivity index (χ1n) is 9.94. The molecule has 6 nitrogen and oxygen atoms in total. The number of benzene rings is 2. The number of aryl methyl sites for hydroxylation is 1. The summed E-state index contributed by atoms with van der Waals surface area (Å²) in [4.78, 5) is 25.2. The van der Waals surface area contributed by atoms with Crippen molar-refractivity contribution < 1.29 is 9.59 Å². The highest BCUT2D eigenvalue weighted by atomic mass is 79.9. The summed E-state index contributed by atoms with van der Waals surface area (Å²) >= 11 is 4.71. The highest BCUT2D eigenvalue weighted by Gasteiger charge is 2.25. The van der Waals surface area contributed by atoms with Gasteiger partial charge in [-0.3, -0.25) is 9.59 Å². The highest BCUT2D eigenvalue weighted by Crippen LogP contribution is 2.25. The third-order valence-corrected chi connectivity index (χ3v) is 6.43. The third-order valence-electron chi connectivity index (χ3n) is 4.88. The number of thioether (sulfide) groups is 1.